The second kappa shape index (κ2) is 9.17. The van der Waals surface area contributed by atoms with E-state index in [4.69, 9.17) is 4.74 Å². The third kappa shape index (κ3) is 6.94. The van der Waals surface area contributed by atoms with Crippen molar-refractivity contribution in [2.24, 2.45) is 0 Å². The van der Waals surface area contributed by atoms with Crippen molar-refractivity contribution in [3.63, 3.8) is 0 Å². The van der Waals surface area contributed by atoms with Gasteiger partial charge in [0.2, 0.25) is 0 Å². The molecule has 0 spiro atoms. The van der Waals surface area contributed by atoms with Gasteiger partial charge in [0.15, 0.2) is 0 Å². The number of unbranched alkanes of at least 4 members (excludes halogenated alkanes) is 3. The molecule has 1 aromatic rings. The summed E-state index contributed by atoms with van der Waals surface area (Å²) in [5, 5.41) is 0. The molecule has 0 N–H and O–H groups in total. The van der Waals surface area contributed by atoms with E-state index in [1.54, 1.807) is 0 Å². The van der Waals surface area contributed by atoms with E-state index in [9.17, 15) is 4.79 Å². The van der Waals surface area contributed by atoms with Crippen LogP contribution in [0.5, 0.6) is 0 Å². The van der Waals surface area contributed by atoms with Crippen molar-refractivity contribution >= 4 is 12.0 Å². The van der Waals surface area contributed by atoms with Gasteiger partial charge >= 0.3 is 5.97 Å². The molecule has 1 atom stereocenters. The molecule has 0 amide bonds. The summed E-state index contributed by atoms with van der Waals surface area (Å²) in [4.78, 5) is 11.6. The van der Waals surface area contributed by atoms with E-state index in [1.165, 1.54) is 18.9 Å². The molecule has 2 heteroatoms. The van der Waals surface area contributed by atoms with Crippen LogP contribution in [0.15, 0.2) is 49.1 Å². The highest BCUT2D eigenvalue weighted by atomic mass is 16.6. The van der Waals surface area contributed by atoms with Crippen LogP contribution in [-0.4, -0.2) is 11.6 Å². The van der Waals surface area contributed by atoms with Crippen LogP contribution >= 0.6 is 0 Å². The first-order valence-corrected chi connectivity index (χ1v) is 7.69. The van der Waals surface area contributed by atoms with Gasteiger partial charge in [-0.25, -0.2) is 4.79 Å². The van der Waals surface area contributed by atoms with Gasteiger partial charge in [-0.3, -0.25) is 0 Å². The number of carbonyl (C=O) groups is 1. The second-order valence-corrected chi connectivity index (χ2v) is 5.49. The monoisotopic (exact) mass is 286 g/mol. The third-order valence-corrected chi connectivity index (χ3v) is 3.46. The Labute approximate surface area is 128 Å². The van der Waals surface area contributed by atoms with Crippen molar-refractivity contribution in [1.82, 2.24) is 0 Å². The molecule has 0 saturated carbocycles. The van der Waals surface area contributed by atoms with Crippen LogP contribution in [0.4, 0.5) is 0 Å². The number of ether oxygens (including phenoxy) is 1. The summed E-state index contributed by atoms with van der Waals surface area (Å²) in [6.45, 7) is 7.62. The van der Waals surface area contributed by atoms with Crippen molar-refractivity contribution in [3.05, 3.63) is 54.6 Å². The highest BCUT2D eigenvalue weighted by Gasteiger charge is 2.24. The van der Waals surface area contributed by atoms with Gasteiger partial charge in [0.25, 0.3) is 0 Å². The molecule has 0 aliphatic carbocycles. The molecule has 21 heavy (non-hydrogen) atoms. The first-order valence-electron chi connectivity index (χ1n) is 7.69. The zero-order valence-electron chi connectivity index (χ0n) is 13.2. The third-order valence-electron chi connectivity index (χ3n) is 3.46. The molecule has 1 rings (SSSR count). The van der Waals surface area contributed by atoms with E-state index in [0.717, 1.165) is 24.8 Å². The van der Waals surface area contributed by atoms with Crippen LogP contribution in [0.3, 0.4) is 0 Å². The average Bonchev–Trinajstić information content (AvgIpc) is 2.51. The summed E-state index contributed by atoms with van der Waals surface area (Å²) in [6.07, 6.45) is 10.7. The molecule has 0 heterocycles. The smallest absolute Gasteiger partial charge is 0.331 e. The van der Waals surface area contributed by atoms with Gasteiger partial charge in [-0.1, -0.05) is 69.2 Å². The average molecular weight is 286 g/mol. The van der Waals surface area contributed by atoms with Gasteiger partial charge < -0.3 is 4.74 Å². The summed E-state index contributed by atoms with van der Waals surface area (Å²) in [6, 6.07) is 10.0. The van der Waals surface area contributed by atoms with Crippen molar-refractivity contribution in [2.75, 3.05) is 0 Å². The lowest BCUT2D eigenvalue weighted by molar-refractivity contribution is -0.148. The van der Waals surface area contributed by atoms with Crippen LogP contribution in [0.25, 0.3) is 6.08 Å². The normalized spacial score (nSPS) is 13.8. The van der Waals surface area contributed by atoms with Gasteiger partial charge in [0, 0.05) is 6.08 Å². The summed E-state index contributed by atoms with van der Waals surface area (Å²) < 4.78 is 5.55. The molecule has 114 valence electrons. The van der Waals surface area contributed by atoms with Crippen LogP contribution in [-0.2, 0) is 9.53 Å². The number of hydrogen-bond donors (Lipinski definition) is 0. The van der Waals surface area contributed by atoms with Crippen LogP contribution in [0.2, 0.25) is 0 Å². The van der Waals surface area contributed by atoms with Gasteiger partial charge in [-0.15, -0.1) is 0 Å². The Morgan fingerprint density at radius 3 is 2.57 bits per heavy atom. The molecule has 0 aliphatic heterocycles. The van der Waals surface area contributed by atoms with Gasteiger partial charge in [0.1, 0.15) is 5.60 Å². The Morgan fingerprint density at radius 2 is 1.95 bits per heavy atom. The van der Waals surface area contributed by atoms with Crippen molar-refractivity contribution in [1.29, 1.82) is 0 Å². The molecule has 0 bridgehead atoms. The quantitative estimate of drug-likeness (QED) is 0.356. The van der Waals surface area contributed by atoms with Crippen molar-refractivity contribution in [3.8, 4) is 0 Å². The Bertz CT molecular complexity index is 462. The highest BCUT2D eigenvalue weighted by molar-refractivity contribution is 5.81. The van der Waals surface area contributed by atoms with E-state index in [2.05, 4.69) is 13.5 Å². The summed E-state index contributed by atoms with van der Waals surface area (Å²) >= 11 is 0. The minimum Gasteiger partial charge on any atom is -0.452 e. The molecule has 0 fully saturated rings. The fraction of sp³-hybridized carbons (Fsp3) is 0.421. The second-order valence-electron chi connectivity index (χ2n) is 5.49. The van der Waals surface area contributed by atoms with Gasteiger partial charge in [0.05, 0.1) is 0 Å². The zero-order chi connectivity index (χ0) is 15.6. The summed E-state index contributed by atoms with van der Waals surface area (Å²) in [5.41, 5.74) is 0.529. The number of carbonyl (C=O) groups excluding carboxylic acids is 1. The van der Waals surface area contributed by atoms with Crippen LogP contribution < -0.4 is 0 Å². The zero-order valence-corrected chi connectivity index (χ0v) is 13.2. The van der Waals surface area contributed by atoms with Gasteiger partial charge in [-0.05, 0) is 31.4 Å². The van der Waals surface area contributed by atoms with Crippen molar-refractivity contribution in [2.45, 2.75) is 51.6 Å². The molecular weight excluding hydrogens is 260 g/mol. The summed E-state index contributed by atoms with van der Waals surface area (Å²) in [5.74, 6) is -0.370. The maximum absolute atomic E-state index is 11.6. The van der Waals surface area contributed by atoms with E-state index >= 15 is 0 Å². The molecule has 0 aromatic heterocycles. The largest absolute Gasteiger partial charge is 0.452 e. The SMILES string of the molecule is C=CC(=O)OC(C)(C=Cc1ccccc1)CCCCCC. The molecule has 0 radical (unpaired) electrons. The maximum atomic E-state index is 11.6. The number of benzene rings is 1. The topological polar surface area (TPSA) is 26.3 Å². The number of rotatable bonds is 9. The molecule has 0 saturated heterocycles. The standard InChI is InChI=1S/C19H26O2/c1-4-6-7-11-15-19(3,21-18(20)5-2)16-14-17-12-9-8-10-13-17/h5,8-10,12-14,16H,2,4,6-7,11,15H2,1,3H3. The first kappa shape index (κ1) is 17.2. The Hall–Kier alpha value is -1.83. The fourth-order valence-corrected chi connectivity index (χ4v) is 2.18. The Balaban J connectivity index is 2.72. The number of hydrogen-bond acceptors (Lipinski definition) is 2. The lowest BCUT2D eigenvalue weighted by atomic mass is 9.96. The molecule has 1 aromatic carbocycles. The Morgan fingerprint density at radius 1 is 1.24 bits per heavy atom. The predicted octanol–water partition coefficient (Wildman–Crippen LogP) is 5.16. The van der Waals surface area contributed by atoms with Gasteiger partial charge in [-0.2, -0.15) is 0 Å². The lowest BCUT2D eigenvalue weighted by Gasteiger charge is -2.26. The molecule has 2 nitrogen and oxygen atoms in total. The van der Waals surface area contributed by atoms with E-state index in [-0.39, 0.29) is 5.97 Å². The maximum Gasteiger partial charge on any atom is 0.331 e. The highest BCUT2D eigenvalue weighted by Crippen LogP contribution is 2.23. The van der Waals surface area contributed by atoms with Crippen molar-refractivity contribution < 1.29 is 9.53 Å². The van der Waals surface area contributed by atoms with E-state index < -0.39 is 5.60 Å². The molecular formula is C19H26O2. The molecule has 0 aliphatic rings. The van der Waals surface area contributed by atoms with E-state index in [0.29, 0.717) is 0 Å². The Kier molecular flexibility index (Phi) is 7.52. The van der Waals surface area contributed by atoms with Crippen LogP contribution in [0.1, 0.15) is 51.5 Å². The summed E-state index contributed by atoms with van der Waals surface area (Å²) in [7, 11) is 0. The lowest BCUT2D eigenvalue weighted by Crippen LogP contribution is -2.28. The first-order chi connectivity index (χ1) is 10.1. The molecule has 1 unspecified atom stereocenters. The van der Waals surface area contributed by atoms with Crippen LogP contribution in [0, 0.1) is 0 Å². The number of esters is 1. The minimum absolute atomic E-state index is 0.370. The minimum atomic E-state index is -0.575. The fourth-order valence-electron chi connectivity index (χ4n) is 2.18. The van der Waals surface area contributed by atoms with E-state index in [1.807, 2.05) is 49.4 Å². The predicted molar refractivity (Wildman–Crippen MR) is 88.9 cm³/mol.